The maximum atomic E-state index is 11.1. The lowest BCUT2D eigenvalue weighted by molar-refractivity contribution is -0.136. The van der Waals surface area contributed by atoms with E-state index in [1.54, 1.807) is 11.9 Å². The summed E-state index contributed by atoms with van der Waals surface area (Å²) in [6, 6.07) is 2.17. The molecule has 1 aliphatic heterocycles. The molecule has 1 heterocycles. The molecule has 0 aromatic carbocycles. The van der Waals surface area contributed by atoms with Gasteiger partial charge in [-0.15, -0.1) is 0 Å². The average Bonchev–Trinajstić information content (AvgIpc) is 2.00. The highest BCUT2D eigenvalue weighted by Gasteiger charge is 2.35. The summed E-state index contributed by atoms with van der Waals surface area (Å²) in [5, 5.41) is 8.79. The van der Waals surface area contributed by atoms with Crippen molar-refractivity contribution in [2.24, 2.45) is 0 Å². The van der Waals surface area contributed by atoms with Crippen molar-refractivity contribution in [3.63, 3.8) is 0 Å². The summed E-state index contributed by atoms with van der Waals surface area (Å²) in [4.78, 5) is 12.7. The van der Waals surface area contributed by atoms with Crippen LogP contribution in [0.4, 0.5) is 0 Å². The van der Waals surface area contributed by atoms with Crippen LogP contribution >= 0.6 is 0 Å². The Hall–Kier alpha value is -1.04. The summed E-state index contributed by atoms with van der Waals surface area (Å²) in [6.45, 7) is 1.81. The van der Waals surface area contributed by atoms with Gasteiger partial charge in [0.2, 0.25) is 5.91 Å². The third-order valence-electron chi connectivity index (χ3n) is 2.41. The molecule has 0 spiro atoms. The van der Waals surface area contributed by atoms with E-state index in [4.69, 9.17) is 5.26 Å². The molecule has 1 saturated heterocycles. The third kappa shape index (κ3) is 1.21. The van der Waals surface area contributed by atoms with Crippen LogP contribution in [0.5, 0.6) is 0 Å². The molecule has 11 heavy (non-hydrogen) atoms. The van der Waals surface area contributed by atoms with E-state index in [9.17, 15) is 4.79 Å². The van der Waals surface area contributed by atoms with Crippen LogP contribution in [0.1, 0.15) is 26.2 Å². The van der Waals surface area contributed by atoms with E-state index in [0.29, 0.717) is 6.42 Å². The first kappa shape index (κ1) is 8.06. The Labute approximate surface area is 66.6 Å². The highest BCUT2D eigenvalue weighted by molar-refractivity contribution is 5.78. The Morgan fingerprint density at radius 3 is 2.82 bits per heavy atom. The van der Waals surface area contributed by atoms with Gasteiger partial charge in [-0.3, -0.25) is 4.79 Å². The quantitative estimate of drug-likeness (QED) is 0.518. The number of amides is 1. The first-order valence-electron chi connectivity index (χ1n) is 3.78. The van der Waals surface area contributed by atoms with E-state index in [1.165, 1.54) is 0 Å². The molecule has 0 N–H and O–H groups in total. The van der Waals surface area contributed by atoms with Gasteiger partial charge < -0.3 is 4.90 Å². The van der Waals surface area contributed by atoms with E-state index < -0.39 is 5.54 Å². The van der Waals surface area contributed by atoms with Gasteiger partial charge >= 0.3 is 0 Å². The van der Waals surface area contributed by atoms with Crippen LogP contribution < -0.4 is 0 Å². The molecule has 0 aromatic heterocycles. The van der Waals surface area contributed by atoms with Crippen molar-refractivity contribution in [1.29, 1.82) is 5.26 Å². The number of carbonyl (C=O) groups is 1. The Bertz CT molecular complexity index is 219. The largest absolute Gasteiger partial charge is 0.327 e. The number of nitriles is 1. The summed E-state index contributed by atoms with van der Waals surface area (Å²) in [6.07, 6.45) is 2.23. The molecule has 0 radical (unpaired) electrons. The molecular formula is C8H12N2O. The van der Waals surface area contributed by atoms with Crippen LogP contribution in [-0.4, -0.2) is 23.4 Å². The van der Waals surface area contributed by atoms with E-state index in [0.717, 1.165) is 12.8 Å². The zero-order valence-electron chi connectivity index (χ0n) is 6.92. The molecule has 0 saturated carbocycles. The fourth-order valence-electron chi connectivity index (χ4n) is 1.33. The van der Waals surface area contributed by atoms with Crippen molar-refractivity contribution in [3.05, 3.63) is 0 Å². The molecule has 0 bridgehead atoms. The van der Waals surface area contributed by atoms with Crippen LogP contribution in [0.15, 0.2) is 0 Å². The fourth-order valence-corrected chi connectivity index (χ4v) is 1.33. The van der Waals surface area contributed by atoms with Crippen LogP contribution in [0, 0.1) is 11.3 Å². The van der Waals surface area contributed by atoms with Crippen LogP contribution in [0.2, 0.25) is 0 Å². The van der Waals surface area contributed by atoms with Gasteiger partial charge in [-0.05, 0) is 19.8 Å². The predicted octanol–water partition coefficient (Wildman–Crippen LogP) is 0.911. The zero-order valence-corrected chi connectivity index (χ0v) is 6.92. The summed E-state index contributed by atoms with van der Waals surface area (Å²) in [5.74, 6) is 0.0836. The Morgan fingerprint density at radius 2 is 2.36 bits per heavy atom. The van der Waals surface area contributed by atoms with Gasteiger partial charge in [0.1, 0.15) is 5.54 Å². The van der Waals surface area contributed by atoms with Crippen molar-refractivity contribution < 1.29 is 4.79 Å². The van der Waals surface area contributed by atoms with Gasteiger partial charge in [0, 0.05) is 13.5 Å². The number of rotatable bonds is 0. The van der Waals surface area contributed by atoms with Crippen molar-refractivity contribution >= 4 is 5.91 Å². The summed E-state index contributed by atoms with van der Waals surface area (Å²) >= 11 is 0. The third-order valence-corrected chi connectivity index (χ3v) is 2.41. The lowest BCUT2D eigenvalue weighted by Crippen LogP contribution is -2.49. The fraction of sp³-hybridized carbons (Fsp3) is 0.750. The van der Waals surface area contributed by atoms with E-state index in [-0.39, 0.29) is 5.91 Å². The molecule has 1 aliphatic rings. The molecule has 3 nitrogen and oxygen atoms in total. The number of carbonyl (C=O) groups excluding carboxylic acids is 1. The van der Waals surface area contributed by atoms with Crippen LogP contribution in [0.3, 0.4) is 0 Å². The molecule has 0 unspecified atom stereocenters. The molecule has 0 aromatic rings. The number of likely N-dealkylation sites (tertiary alicyclic amines) is 1. The normalized spacial score (nSPS) is 31.7. The molecule has 1 atom stereocenters. The van der Waals surface area contributed by atoms with Crippen LogP contribution in [0.25, 0.3) is 0 Å². The average molecular weight is 152 g/mol. The first-order valence-corrected chi connectivity index (χ1v) is 3.78. The molecule has 1 fully saturated rings. The summed E-state index contributed by atoms with van der Waals surface area (Å²) in [5.41, 5.74) is -0.560. The maximum Gasteiger partial charge on any atom is 0.223 e. The minimum atomic E-state index is -0.560. The monoisotopic (exact) mass is 152 g/mol. The highest BCUT2D eigenvalue weighted by Crippen LogP contribution is 2.25. The van der Waals surface area contributed by atoms with Crippen LogP contribution in [-0.2, 0) is 4.79 Å². The number of hydrogen-bond donors (Lipinski definition) is 0. The van der Waals surface area contributed by atoms with Crippen molar-refractivity contribution in [2.45, 2.75) is 31.7 Å². The highest BCUT2D eigenvalue weighted by atomic mass is 16.2. The molecule has 0 aliphatic carbocycles. The molecule has 60 valence electrons. The minimum absolute atomic E-state index is 0.0836. The second-order valence-corrected chi connectivity index (χ2v) is 3.19. The second kappa shape index (κ2) is 2.54. The molecule has 1 rings (SSSR count). The predicted molar refractivity (Wildman–Crippen MR) is 40.6 cm³/mol. The number of hydrogen-bond acceptors (Lipinski definition) is 2. The topological polar surface area (TPSA) is 44.1 Å². The van der Waals surface area contributed by atoms with Gasteiger partial charge in [0.25, 0.3) is 0 Å². The molecule has 3 heteroatoms. The first-order chi connectivity index (χ1) is 5.10. The zero-order chi connectivity index (χ0) is 8.48. The Morgan fingerprint density at radius 1 is 1.73 bits per heavy atom. The van der Waals surface area contributed by atoms with E-state index in [2.05, 4.69) is 6.07 Å². The lowest BCUT2D eigenvalue weighted by atomic mass is 9.90. The van der Waals surface area contributed by atoms with Gasteiger partial charge in [-0.1, -0.05) is 0 Å². The molecular weight excluding hydrogens is 140 g/mol. The minimum Gasteiger partial charge on any atom is -0.327 e. The lowest BCUT2D eigenvalue weighted by Gasteiger charge is -2.36. The van der Waals surface area contributed by atoms with Gasteiger partial charge in [-0.25, -0.2) is 0 Å². The summed E-state index contributed by atoms with van der Waals surface area (Å²) < 4.78 is 0. The van der Waals surface area contributed by atoms with Gasteiger partial charge in [-0.2, -0.15) is 5.26 Å². The van der Waals surface area contributed by atoms with Gasteiger partial charge in [0.15, 0.2) is 0 Å². The second-order valence-electron chi connectivity index (χ2n) is 3.19. The maximum absolute atomic E-state index is 11.1. The van der Waals surface area contributed by atoms with E-state index >= 15 is 0 Å². The molecule has 1 amide bonds. The van der Waals surface area contributed by atoms with Crippen molar-refractivity contribution in [1.82, 2.24) is 4.90 Å². The Balaban J connectivity index is 2.83. The Kier molecular flexibility index (Phi) is 1.86. The van der Waals surface area contributed by atoms with E-state index in [1.807, 2.05) is 6.92 Å². The summed E-state index contributed by atoms with van der Waals surface area (Å²) in [7, 11) is 1.70. The van der Waals surface area contributed by atoms with Gasteiger partial charge in [0.05, 0.1) is 6.07 Å². The number of nitrogens with zero attached hydrogens (tertiary/aromatic N) is 2. The smallest absolute Gasteiger partial charge is 0.223 e. The SMILES string of the molecule is CN1C(=O)CCC[C@]1(C)C#N. The van der Waals surface area contributed by atoms with Crippen molar-refractivity contribution in [2.75, 3.05) is 7.05 Å². The number of piperidine rings is 1. The standard InChI is InChI=1S/C8H12N2O/c1-8(6-9)5-3-4-7(11)10(8)2/h3-5H2,1-2H3/t8-/m1/s1. The van der Waals surface area contributed by atoms with Crippen molar-refractivity contribution in [3.8, 4) is 6.07 Å².